The van der Waals surface area contributed by atoms with Crippen molar-refractivity contribution in [3.8, 4) is 0 Å². The molecule has 5 rings (SSSR count). The minimum absolute atomic E-state index is 0.168. The Morgan fingerprint density at radius 1 is 0.925 bits per heavy atom. The third kappa shape index (κ3) is 5.36. The number of anilines is 2. The third-order valence-electron chi connectivity index (χ3n) is 6.75. The molecule has 0 aliphatic carbocycles. The number of hydrogen-bond donors (Lipinski definition) is 5. The van der Waals surface area contributed by atoms with Gasteiger partial charge in [0, 0.05) is 19.6 Å². The Morgan fingerprint density at radius 2 is 1.48 bits per heavy atom. The number of carboxylic acid groups (broad SMARTS) is 2. The Morgan fingerprint density at radius 3 is 1.98 bits per heavy atom. The minimum atomic E-state index is -1.52. The lowest BCUT2D eigenvalue weighted by Gasteiger charge is -2.38. The Kier molecular flexibility index (Phi) is 7.74. The van der Waals surface area contributed by atoms with E-state index in [1.165, 1.54) is 4.90 Å². The topological polar surface area (TPSA) is 144 Å². The molecule has 1 aliphatic heterocycles. The Labute approximate surface area is 230 Å². The van der Waals surface area contributed by atoms with Gasteiger partial charge >= 0.3 is 12.2 Å². The molecular formula is C29H29N7O4. The van der Waals surface area contributed by atoms with Crippen LogP contribution in [0.3, 0.4) is 0 Å². The van der Waals surface area contributed by atoms with Crippen LogP contribution < -0.4 is 20.9 Å². The molecule has 0 fully saturated rings. The van der Waals surface area contributed by atoms with Crippen LogP contribution in [0, 0.1) is 0 Å². The van der Waals surface area contributed by atoms with Crippen molar-refractivity contribution in [2.24, 2.45) is 4.99 Å². The molecule has 0 saturated carbocycles. The SMILES string of the molecule is O=C(O)N=C(NC(=O)O)N(CCNC(c1ccccc1)(c1ccccc1)c1ccccc1)c1cnn2c1NCC2. The number of nitrogens with zero attached hydrogens (tertiary/aromatic N) is 4. The van der Waals surface area contributed by atoms with E-state index in [2.05, 4.69) is 62.4 Å². The van der Waals surface area contributed by atoms with Crippen LogP contribution in [0.2, 0.25) is 0 Å². The van der Waals surface area contributed by atoms with Gasteiger partial charge in [-0.3, -0.25) is 10.6 Å². The van der Waals surface area contributed by atoms with E-state index in [1.807, 2.05) is 54.6 Å². The van der Waals surface area contributed by atoms with E-state index in [4.69, 9.17) is 0 Å². The van der Waals surface area contributed by atoms with Crippen molar-refractivity contribution >= 4 is 29.7 Å². The van der Waals surface area contributed by atoms with Gasteiger partial charge in [0.05, 0.1) is 18.3 Å². The summed E-state index contributed by atoms with van der Waals surface area (Å²) in [6.45, 7) is 1.77. The van der Waals surface area contributed by atoms with Crippen molar-refractivity contribution in [2.75, 3.05) is 29.9 Å². The van der Waals surface area contributed by atoms with Gasteiger partial charge in [-0.15, -0.1) is 4.99 Å². The summed E-state index contributed by atoms with van der Waals surface area (Å²) in [5, 5.41) is 32.4. The molecule has 2 amide bonds. The maximum Gasteiger partial charge on any atom is 0.434 e. The van der Waals surface area contributed by atoms with Crippen molar-refractivity contribution in [1.29, 1.82) is 0 Å². The van der Waals surface area contributed by atoms with Crippen LogP contribution in [-0.4, -0.2) is 57.8 Å². The van der Waals surface area contributed by atoms with Crippen LogP contribution in [0.15, 0.2) is 102 Å². The summed E-state index contributed by atoms with van der Waals surface area (Å²) >= 11 is 0. The van der Waals surface area contributed by atoms with Crippen LogP contribution in [0.25, 0.3) is 0 Å². The van der Waals surface area contributed by atoms with Gasteiger partial charge in [-0.1, -0.05) is 91.0 Å². The number of aliphatic imine (C=N–C) groups is 1. The number of carbonyl (C=O) groups is 2. The Balaban J connectivity index is 1.56. The molecule has 0 unspecified atom stereocenters. The van der Waals surface area contributed by atoms with Crippen LogP contribution in [0.5, 0.6) is 0 Å². The second-order valence-corrected chi connectivity index (χ2v) is 9.10. The summed E-state index contributed by atoms with van der Waals surface area (Å²) in [5.41, 5.74) is 2.78. The molecule has 0 spiro atoms. The first-order valence-electron chi connectivity index (χ1n) is 12.8. The van der Waals surface area contributed by atoms with Crippen LogP contribution in [0.4, 0.5) is 21.1 Å². The van der Waals surface area contributed by atoms with Crippen LogP contribution in [-0.2, 0) is 12.1 Å². The predicted molar refractivity (Wildman–Crippen MR) is 152 cm³/mol. The second kappa shape index (κ2) is 11.7. The highest BCUT2D eigenvalue weighted by Gasteiger charge is 2.36. The number of rotatable bonds is 8. The fourth-order valence-electron chi connectivity index (χ4n) is 5.11. The van der Waals surface area contributed by atoms with Crippen LogP contribution >= 0.6 is 0 Å². The molecule has 0 saturated heterocycles. The highest BCUT2D eigenvalue weighted by molar-refractivity contribution is 6.08. The molecule has 11 heteroatoms. The lowest BCUT2D eigenvalue weighted by molar-refractivity contribution is 0.200. The maximum absolute atomic E-state index is 11.6. The smallest absolute Gasteiger partial charge is 0.434 e. The lowest BCUT2D eigenvalue weighted by Crippen LogP contribution is -2.51. The van der Waals surface area contributed by atoms with Gasteiger partial charge in [0.2, 0.25) is 5.96 Å². The van der Waals surface area contributed by atoms with E-state index in [0.29, 0.717) is 31.1 Å². The predicted octanol–water partition coefficient (Wildman–Crippen LogP) is 4.00. The normalized spacial score (nSPS) is 12.8. The first-order valence-corrected chi connectivity index (χ1v) is 12.8. The number of amides is 2. The summed E-state index contributed by atoms with van der Waals surface area (Å²) in [6.07, 6.45) is -1.38. The minimum Gasteiger partial charge on any atom is -0.465 e. The Hall–Kier alpha value is -5.16. The molecule has 4 aromatic rings. The van der Waals surface area contributed by atoms with E-state index in [9.17, 15) is 19.8 Å². The van der Waals surface area contributed by atoms with Crippen molar-refractivity contribution in [3.05, 3.63) is 114 Å². The van der Waals surface area contributed by atoms with Gasteiger partial charge in [-0.2, -0.15) is 5.10 Å². The number of benzene rings is 3. The standard InChI is InChI=1S/C29H29N7O4/c37-27(38)33-26(34-28(39)40)35(24-20-32-36-19-16-30-25(24)36)18-17-31-29(21-10-4-1-5-11-21,22-12-6-2-7-13-22)23-14-8-3-9-15-23/h1-15,20,30-31H,16-19H2,(H,33,34)(H,37,38)(H,39,40). The molecule has 0 atom stereocenters. The molecule has 1 aromatic heterocycles. The zero-order chi connectivity index (χ0) is 28.0. The number of nitrogens with one attached hydrogen (secondary N) is 3. The number of hydrogen-bond acceptors (Lipinski definition) is 5. The molecule has 11 nitrogen and oxygen atoms in total. The zero-order valence-corrected chi connectivity index (χ0v) is 21.6. The molecule has 204 valence electrons. The average Bonchev–Trinajstić information content (AvgIpc) is 3.59. The third-order valence-corrected chi connectivity index (χ3v) is 6.75. The first kappa shape index (κ1) is 26.4. The van der Waals surface area contributed by atoms with Gasteiger partial charge < -0.3 is 20.4 Å². The molecule has 3 aromatic carbocycles. The molecule has 0 bridgehead atoms. The van der Waals surface area contributed by atoms with Gasteiger partial charge in [0.1, 0.15) is 11.5 Å². The van der Waals surface area contributed by atoms with Gasteiger partial charge in [0.25, 0.3) is 0 Å². The molecule has 2 heterocycles. The lowest BCUT2D eigenvalue weighted by atomic mass is 9.77. The van der Waals surface area contributed by atoms with E-state index in [0.717, 1.165) is 16.7 Å². The molecular weight excluding hydrogens is 510 g/mol. The van der Waals surface area contributed by atoms with Gasteiger partial charge in [0.15, 0.2) is 0 Å². The van der Waals surface area contributed by atoms with Gasteiger partial charge in [-0.25, -0.2) is 14.3 Å². The fraction of sp³-hybridized carbons (Fsp3) is 0.172. The van der Waals surface area contributed by atoms with Crippen molar-refractivity contribution < 1.29 is 19.8 Å². The number of guanidine groups is 1. The first-order chi connectivity index (χ1) is 19.5. The quantitative estimate of drug-likeness (QED) is 0.128. The van der Waals surface area contributed by atoms with Crippen molar-refractivity contribution in [2.45, 2.75) is 12.1 Å². The summed E-state index contributed by atoms with van der Waals surface area (Å²) in [7, 11) is 0. The van der Waals surface area contributed by atoms with E-state index < -0.39 is 17.7 Å². The molecule has 5 N–H and O–H groups in total. The number of fused-ring (bicyclic) bond motifs is 1. The summed E-state index contributed by atoms with van der Waals surface area (Å²) in [4.78, 5) is 28.3. The largest absolute Gasteiger partial charge is 0.465 e. The van der Waals surface area contributed by atoms with E-state index in [-0.39, 0.29) is 12.5 Å². The molecule has 40 heavy (non-hydrogen) atoms. The summed E-state index contributed by atoms with van der Waals surface area (Å²) < 4.78 is 1.75. The fourth-order valence-corrected chi connectivity index (χ4v) is 5.11. The highest BCUT2D eigenvalue weighted by atomic mass is 16.4. The monoisotopic (exact) mass is 539 g/mol. The number of aromatic nitrogens is 2. The van der Waals surface area contributed by atoms with Crippen LogP contribution in [0.1, 0.15) is 16.7 Å². The van der Waals surface area contributed by atoms with Gasteiger partial charge in [-0.05, 0) is 16.7 Å². The van der Waals surface area contributed by atoms with E-state index in [1.54, 1.807) is 10.9 Å². The molecule has 1 aliphatic rings. The zero-order valence-electron chi connectivity index (χ0n) is 21.6. The molecule has 0 radical (unpaired) electrons. The summed E-state index contributed by atoms with van der Waals surface area (Å²) in [6, 6.07) is 30.2. The van der Waals surface area contributed by atoms with Crippen molar-refractivity contribution in [1.82, 2.24) is 20.4 Å². The van der Waals surface area contributed by atoms with E-state index >= 15 is 0 Å². The maximum atomic E-state index is 11.6. The summed E-state index contributed by atoms with van der Waals surface area (Å²) in [5.74, 6) is 0.321. The van der Waals surface area contributed by atoms with Crippen molar-refractivity contribution in [3.63, 3.8) is 0 Å². The average molecular weight is 540 g/mol. The Bertz CT molecular complexity index is 1390. The second-order valence-electron chi connectivity index (χ2n) is 9.10. The highest BCUT2D eigenvalue weighted by Crippen LogP contribution is 2.37.